The fraction of sp³-hybridized carbons (Fsp3) is 0.467. The molecule has 2 N–H and O–H groups in total. The number of rotatable bonds is 8. The van der Waals surface area contributed by atoms with E-state index in [9.17, 15) is 14.7 Å². The van der Waals surface area contributed by atoms with Crippen molar-refractivity contribution < 1.29 is 14.7 Å². The van der Waals surface area contributed by atoms with Crippen LogP contribution in [0.5, 0.6) is 0 Å². The first-order chi connectivity index (χ1) is 9.17. The fourth-order valence-electron chi connectivity index (χ4n) is 1.81. The van der Waals surface area contributed by atoms with Gasteiger partial charge >= 0.3 is 0 Å². The maximum atomic E-state index is 11.8. The predicted molar refractivity (Wildman–Crippen MR) is 73.7 cm³/mol. The van der Waals surface area contributed by atoms with Crippen LogP contribution in [0, 0.1) is 0 Å². The van der Waals surface area contributed by atoms with E-state index in [1.165, 1.54) is 0 Å². The maximum Gasteiger partial charge on any atom is 0.249 e. The van der Waals surface area contributed by atoms with Crippen LogP contribution < -0.4 is 5.32 Å². The summed E-state index contributed by atoms with van der Waals surface area (Å²) in [5.74, 6) is -0.489. The minimum atomic E-state index is -1.12. The molecule has 0 aliphatic carbocycles. The highest BCUT2D eigenvalue weighted by Gasteiger charge is 2.18. The van der Waals surface area contributed by atoms with Crippen molar-refractivity contribution in [2.45, 2.75) is 44.8 Å². The average Bonchev–Trinajstić information content (AvgIpc) is 2.44. The lowest BCUT2D eigenvalue weighted by atomic mass is 10.1. The summed E-state index contributed by atoms with van der Waals surface area (Å²) < 4.78 is 0. The van der Waals surface area contributed by atoms with Gasteiger partial charge in [0.05, 0.1) is 6.04 Å². The molecule has 4 nitrogen and oxygen atoms in total. The minimum Gasteiger partial charge on any atom is -0.383 e. The Balaban J connectivity index is 2.45. The highest BCUT2D eigenvalue weighted by atomic mass is 16.3. The van der Waals surface area contributed by atoms with Crippen LogP contribution in [0.15, 0.2) is 30.3 Å². The molecule has 1 aromatic rings. The van der Waals surface area contributed by atoms with E-state index in [0.29, 0.717) is 6.42 Å². The van der Waals surface area contributed by atoms with Crippen LogP contribution in [0.25, 0.3) is 0 Å². The zero-order valence-corrected chi connectivity index (χ0v) is 11.2. The number of hydrogen-bond acceptors (Lipinski definition) is 3. The molecule has 1 rings (SSSR count). The Kier molecular flexibility index (Phi) is 6.82. The van der Waals surface area contributed by atoms with Gasteiger partial charge in [-0.15, -0.1) is 0 Å². The van der Waals surface area contributed by atoms with E-state index in [-0.39, 0.29) is 6.42 Å². The number of aliphatic hydroxyl groups excluding tert-OH is 1. The van der Waals surface area contributed by atoms with Gasteiger partial charge in [-0.2, -0.15) is 0 Å². The highest BCUT2D eigenvalue weighted by Crippen LogP contribution is 2.04. The second kappa shape index (κ2) is 8.43. The molecular formula is C15H21NO3. The van der Waals surface area contributed by atoms with E-state index in [1.807, 2.05) is 37.3 Å². The lowest BCUT2D eigenvalue weighted by molar-refractivity contribution is -0.131. The van der Waals surface area contributed by atoms with Gasteiger partial charge in [0.1, 0.15) is 12.4 Å². The third kappa shape index (κ3) is 5.66. The largest absolute Gasteiger partial charge is 0.383 e. The standard InChI is InChI=1S/C15H21NO3/c1-2-3-9-13(11-17)16-15(19)14(18)10-12-7-5-4-6-8-12/h4-8,11,13-14,18H,2-3,9-10H2,1H3,(H,16,19). The summed E-state index contributed by atoms with van der Waals surface area (Å²) in [5.41, 5.74) is 0.890. The molecule has 0 aliphatic rings. The van der Waals surface area contributed by atoms with Gasteiger partial charge in [0, 0.05) is 6.42 Å². The predicted octanol–water partition coefficient (Wildman–Crippen LogP) is 1.46. The molecule has 0 aromatic heterocycles. The molecule has 0 aliphatic heterocycles. The monoisotopic (exact) mass is 263 g/mol. The Morgan fingerprint density at radius 1 is 1.37 bits per heavy atom. The van der Waals surface area contributed by atoms with Crippen LogP contribution in [0.2, 0.25) is 0 Å². The number of carbonyl (C=O) groups excluding carboxylic acids is 2. The molecule has 19 heavy (non-hydrogen) atoms. The lowest BCUT2D eigenvalue weighted by Gasteiger charge is -2.15. The van der Waals surface area contributed by atoms with Gasteiger partial charge in [-0.05, 0) is 12.0 Å². The lowest BCUT2D eigenvalue weighted by Crippen LogP contribution is -2.43. The normalized spacial score (nSPS) is 13.6. The molecule has 1 aromatic carbocycles. The van der Waals surface area contributed by atoms with E-state index in [1.54, 1.807) is 0 Å². The number of benzene rings is 1. The summed E-state index contributed by atoms with van der Waals surface area (Å²) in [6.07, 6.45) is 2.32. The zero-order chi connectivity index (χ0) is 14.1. The summed E-state index contributed by atoms with van der Waals surface area (Å²) in [4.78, 5) is 22.6. The molecule has 0 spiro atoms. The first-order valence-corrected chi connectivity index (χ1v) is 6.65. The second-order valence-electron chi connectivity index (χ2n) is 4.60. The Bertz CT molecular complexity index is 392. The van der Waals surface area contributed by atoms with Gasteiger partial charge in [-0.1, -0.05) is 50.1 Å². The molecule has 0 fully saturated rings. The number of aldehydes is 1. The van der Waals surface area contributed by atoms with Gasteiger partial charge in [0.15, 0.2) is 0 Å². The number of amides is 1. The van der Waals surface area contributed by atoms with Crippen molar-refractivity contribution >= 4 is 12.2 Å². The molecule has 4 heteroatoms. The van der Waals surface area contributed by atoms with Gasteiger partial charge < -0.3 is 15.2 Å². The summed E-state index contributed by atoms with van der Waals surface area (Å²) in [6, 6.07) is 8.79. The molecule has 0 saturated carbocycles. The zero-order valence-electron chi connectivity index (χ0n) is 11.2. The van der Waals surface area contributed by atoms with Gasteiger partial charge in [-0.3, -0.25) is 4.79 Å². The van der Waals surface area contributed by atoms with Crippen molar-refractivity contribution in [2.24, 2.45) is 0 Å². The molecule has 0 bridgehead atoms. The maximum absolute atomic E-state index is 11.8. The molecule has 0 radical (unpaired) electrons. The molecule has 2 atom stereocenters. The first-order valence-electron chi connectivity index (χ1n) is 6.65. The van der Waals surface area contributed by atoms with Gasteiger partial charge in [-0.25, -0.2) is 0 Å². The Hall–Kier alpha value is -1.68. The molecule has 2 unspecified atom stereocenters. The van der Waals surface area contributed by atoms with Crippen molar-refractivity contribution in [3.05, 3.63) is 35.9 Å². The van der Waals surface area contributed by atoms with Crippen molar-refractivity contribution in [2.75, 3.05) is 0 Å². The minimum absolute atomic E-state index is 0.256. The van der Waals surface area contributed by atoms with Gasteiger partial charge in [0.2, 0.25) is 5.91 Å². The first kappa shape index (κ1) is 15.4. The number of nitrogens with one attached hydrogen (secondary N) is 1. The number of unbranched alkanes of at least 4 members (excludes halogenated alkanes) is 1. The van der Waals surface area contributed by atoms with E-state index in [0.717, 1.165) is 24.7 Å². The Labute approximate surface area is 113 Å². The Morgan fingerprint density at radius 2 is 2.05 bits per heavy atom. The summed E-state index contributed by atoms with van der Waals surface area (Å²) in [6.45, 7) is 2.02. The van der Waals surface area contributed by atoms with Crippen LogP contribution in [0.1, 0.15) is 31.7 Å². The average molecular weight is 263 g/mol. The van der Waals surface area contributed by atoms with Crippen molar-refractivity contribution in [1.82, 2.24) is 5.32 Å². The van der Waals surface area contributed by atoms with Crippen LogP contribution >= 0.6 is 0 Å². The van der Waals surface area contributed by atoms with Crippen LogP contribution in [-0.4, -0.2) is 29.4 Å². The summed E-state index contributed by atoms with van der Waals surface area (Å²) >= 11 is 0. The van der Waals surface area contributed by atoms with Crippen molar-refractivity contribution in [3.63, 3.8) is 0 Å². The number of aliphatic hydroxyl groups is 1. The number of carbonyl (C=O) groups is 2. The molecule has 0 saturated heterocycles. The molecular weight excluding hydrogens is 242 g/mol. The van der Waals surface area contributed by atoms with E-state index < -0.39 is 18.1 Å². The van der Waals surface area contributed by atoms with Crippen molar-refractivity contribution in [1.29, 1.82) is 0 Å². The van der Waals surface area contributed by atoms with E-state index >= 15 is 0 Å². The number of hydrogen-bond donors (Lipinski definition) is 2. The smallest absolute Gasteiger partial charge is 0.249 e. The van der Waals surface area contributed by atoms with Gasteiger partial charge in [0.25, 0.3) is 0 Å². The van der Waals surface area contributed by atoms with E-state index in [2.05, 4.69) is 5.32 Å². The van der Waals surface area contributed by atoms with Crippen LogP contribution in [0.3, 0.4) is 0 Å². The molecule has 1 amide bonds. The SMILES string of the molecule is CCCCC(C=O)NC(=O)C(O)Cc1ccccc1. The summed E-state index contributed by atoms with van der Waals surface area (Å²) in [7, 11) is 0. The third-order valence-corrected chi connectivity index (χ3v) is 2.94. The quantitative estimate of drug-likeness (QED) is 0.698. The fourth-order valence-corrected chi connectivity index (χ4v) is 1.81. The Morgan fingerprint density at radius 3 is 2.63 bits per heavy atom. The second-order valence-corrected chi connectivity index (χ2v) is 4.60. The van der Waals surface area contributed by atoms with Crippen molar-refractivity contribution in [3.8, 4) is 0 Å². The third-order valence-electron chi connectivity index (χ3n) is 2.94. The molecule has 0 heterocycles. The molecule has 104 valence electrons. The van der Waals surface area contributed by atoms with E-state index in [4.69, 9.17) is 0 Å². The van der Waals surface area contributed by atoms with Crippen LogP contribution in [-0.2, 0) is 16.0 Å². The highest BCUT2D eigenvalue weighted by molar-refractivity contribution is 5.83. The summed E-state index contributed by atoms with van der Waals surface area (Å²) in [5, 5.41) is 12.4. The van der Waals surface area contributed by atoms with Crippen LogP contribution in [0.4, 0.5) is 0 Å². The topological polar surface area (TPSA) is 66.4 Å².